The number of hydrogen-bond donors (Lipinski definition) is 4. The Hall–Kier alpha value is -2.61. The van der Waals surface area contributed by atoms with Crippen LogP contribution in [0.3, 0.4) is 0 Å². The normalized spacial score (nSPS) is 11.4. The maximum atomic E-state index is 13.0. The van der Waals surface area contributed by atoms with Gasteiger partial charge in [0.25, 0.3) is 5.91 Å². The van der Waals surface area contributed by atoms with E-state index in [4.69, 9.17) is 22.5 Å². The molecule has 104 valence electrons. The zero-order valence-corrected chi connectivity index (χ0v) is 10.6. The van der Waals surface area contributed by atoms with E-state index in [1.807, 2.05) is 0 Å². The zero-order valence-electron chi connectivity index (χ0n) is 9.89. The summed E-state index contributed by atoms with van der Waals surface area (Å²) in [6, 6.07) is 3.54. The molecular weight excluding hydrogens is 289 g/mol. The third-order valence-electron chi connectivity index (χ3n) is 2.44. The Labute approximate surface area is 117 Å². The van der Waals surface area contributed by atoms with Crippen molar-refractivity contribution in [1.82, 2.24) is 10.2 Å². The van der Waals surface area contributed by atoms with Gasteiger partial charge in [0.2, 0.25) is 0 Å². The Kier molecular flexibility index (Phi) is 3.85. The number of aromatic amines is 1. The van der Waals surface area contributed by atoms with Crippen LogP contribution in [0.5, 0.6) is 0 Å². The standard InChI is InChI=1S/C11H9ClFN5O2/c12-7-3-5(1-2-8(7)13)11(19)16-10-6(4-15-17-10)9(14)18-20/h1-4,20H,(H2,14,18)(H2,15,16,17,19). The molecule has 7 nitrogen and oxygen atoms in total. The van der Waals surface area contributed by atoms with Crippen molar-refractivity contribution in [3.63, 3.8) is 0 Å². The molecule has 0 aliphatic heterocycles. The van der Waals surface area contributed by atoms with Gasteiger partial charge in [0.1, 0.15) is 11.6 Å². The maximum absolute atomic E-state index is 13.0. The lowest BCUT2D eigenvalue weighted by molar-refractivity contribution is 0.102. The molecule has 1 heterocycles. The quantitative estimate of drug-likeness (QED) is 0.297. The highest BCUT2D eigenvalue weighted by Crippen LogP contribution is 2.18. The number of rotatable bonds is 3. The van der Waals surface area contributed by atoms with E-state index < -0.39 is 11.7 Å². The van der Waals surface area contributed by atoms with E-state index in [-0.39, 0.29) is 27.8 Å². The first kappa shape index (κ1) is 13.8. The minimum absolute atomic E-state index is 0.144. The zero-order chi connectivity index (χ0) is 14.7. The number of benzene rings is 1. The van der Waals surface area contributed by atoms with E-state index in [1.54, 1.807) is 0 Å². The third kappa shape index (κ3) is 2.69. The molecule has 20 heavy (non-hydrogen) atoms. The number of oxime groups is 1. The van der Waals surface area contributed by atoms with Crippen LogP contribution in [-0.4, -0.2) is 27.1 Å². The highest BCUT2D eigenvalue weighted by atomic mass is 35.5. The molecular formula is C11H9ClFN5O2. The van der Waals surface area contributed by atoms with Gasteiger partial charge in [-0.3, -0.25) is 9.89 Å². The molecule has 2 aromatic rings. The number of carbonyl (C=O) groups is 1. The molecule has 0 fully saturated rings. The minimum atomic E-state index is -0.623. The van der Waals surface area contributed by atoms with Crippen molar-refractivity contribution in [2.24, 2.45) is 10.9 Å². The lowest BCUT2D eigenvalue weighted by Crippen LogP contribution is -2.18. The number of nitrogens with one attached hydrogen (secondary N) is 2. The molecule has 5 N–H and O–H groups in total. The largest absolute Gasteiger partial charge is 0.409 e. The molecule has 0 unspecified atom stereocenters. The van der Waals surface area contributed by atoms with Gasteiger partial charge in [0.05, 0.1) is 16.8 Å². The van der Waals surface area contributed by atoms with Crippen molar-refractivity contribution in [2.45, 2.75) is 0 Å². The van der Waals surface area contributed by atoms with Crippen molar-refractivity contribution in [2.75, 3.05) is 5.32 Å². The monoisotopic (exact) mass is 297 g/mol. The van der Waals surface area contributed by atoms with Crippen molar-refractivity contribution < 1.29 is 14.4 Å². The van der Waals surface area contributed by atoms with Gasteiger partial charge in [-0.05, 0) is 18.2 Å². The molecule has 1 amide bonds. The number of carbonyl (C=O) groups excluding carboxylic acids is 1. The fraction of sp³-hybridized carbons (Fsp3) is 0. The first-order chi connectivity index (χ1) is 9.52. The molecule has 0 aliphatic rings. The second-order valence-corrected chi connectivity index (χ2v) is 4.13. The van der Waals surface area contributed by atoms with E-state index in [0.29, 0.717) is 0 Å². The topological polar surface area (TPSA) is 116 Å². The van der Waals surface area contributed by atoms with Crippen molar-refractivity contribution in [1.29, 1.82) is 0 Å². The molecule has 0 radical (unpaired) electrons. The van der Waals surface area contributed by atoms with E-state index in [1.165, 1.54) is 18.3 Å². The van der Waals surface area contributed by atoms with Crippen LogP contribution in [-0.2, 0) is 0 Å². The Balaban J connectivity index is 2.24. The number of amidine groups is 1. The van der Waals surface area contributed by atoms with Crippen molar-refractivity contribution >= 4 is 29.2 Å². The van der Waals surface area contributed by atoms with Crippen LogP contribution in [0.2, 0.25) is 5.02 Å². The summed E-state index contributed by atoms with van der Waals surface area (Å²) in [5.74, 6) is -1.25. The molecule has 0 bridgehead atoms. The summed E-state index contributed by atoms with van der Waals surface area (Å²) in [5, 5.41) is 19.9. The predicted octanol–water partition coefficient (Wildman–Crippen LogP) is 1.55. The number of anilines is 1. The average molecular weight is 298 g/mol. The van der Waals surface area contributed by atoms with E-state index in [2.05, 4.69) is 20.7 Å². The van der Waals surface area contributed by atoms with Crippen LogP contribution in [0.4, 0.5) is 10.2 Å². The fourth-order valence-corrected chi connectivity index (χ4v) is 1.63. The Morgan fingerprint density at radius 3 is 2.95 bits per heavy atom. The number of amides is 1. The summed E-state index contributed by atoms with van der Waals surface area (Å²) in [5.41, 5.74) is 5.78. The van der Waals surface area contributed by atoms with Crippen molar-refractivity contribution in [3.05, 3.63) is 46.4 Å². The van der Waals surface area contributed by atoms with Gasteiger partial charge in [-0.2, -0.15) is 5.10 Å². The number of halogens is 2. The molecule has 0 aliphatic carbocycles. The molecule has 1 aromatic carbocycles. The molecule has 0 saturated carbocycles. The number of aromatic nitrogens is 2. The highest BCUT2D eigenvalue weighted by molar-refractivity contribution is 6.31. The summed E-state index contributed by atoms with van der Waals surface area (Å²) in [6.45, 7) is 0. The summed E-state index contributed by atoms with van der Waals surface area (Å²) in [6.07, 6.45) is 1.28. The fourth-order valence-electron chi connectivity index (χ4n) is 1.45. The Morgan fingerprint density at radius 1 is 1.55 bits per heavy atom. The summed E-state index contributed by atoms with van der Waals surface area (Å²) in [4.78, 5) is 12.0. The maximum Gasteiger partial charge on any atom is 0.256 e. The van der Waals surface area contributed by atoms with Crippen LogP contribution in [0.25, 0.3) is 0 Å². The first-order valence-corrected chi connectivity index (χ1v) is 5.68. The minimum Gasteiger partial charge on any atom is -0.409 e. The van der Waals surface area contributed by atoms with Gasteiger partial charge < -0.3 is 16.3 Å². The van der Waals surface area contributed by atoms with E-state index in [0.717, 1.165) is 6.07 Å². The van der Waals surface area contributed by atoms with Crippen LogP contribution < -0.4 is 11.1 Å². The average Bonchev–Trinajstić information content (AvgIpc) is 2.89. The molecule has 0 spiro atoms. The number of nitrogens with two attached hydrogens (primary N) is 1. The van der Waals surface area contributed by atoms with Crippen LogP contribution in [0.1, 0.15) is 15.9 Å². The summed E-state index contributed by atoms with van der Waals surface area (Å²) < 4.78 is 13.0. The van der Waals surface area contributed by atoms with E-state index >= 15 is 0 Å². The smallest absolute Gasteiger partial charge is 0.256 e. The molecule has 2 rings (SSSR count). The third-order valence-corrected chi connectivity index (χ3v) is 2.73. The van der Waals surface area contributed by atoms with Crippen molar-refractivity contribution in [3.8, 4) is 0 Å². The number of H-pyrrole nitrogens is 1. The number of hydrogen-bond acceptors (Lipinski definition) is 4. The van der Waals surface area contributed by atoms with Crippen LogP contribution >= 0.6 is 11.6 Å². The van der Waals surface area contributed by atoms with Gasteiger partial charge >= 0.3 is 0 Å². The highest BCUT2D eigenvalue weighted by Gasteiger charge is 2.14. The van der Waals surface area contributed by atoms with Gasteiger partial charge in [0.15, 0.2) is 5.84 Å². The Morgan fingerprint density at radius 2 is 2.30 bits per heavy atom. The second-order valence-electron chi connectivity index (χ2n) is 3.73. The number of nitrogens with zero attached hydrogens (tertiary/aromatic N) is 2. The lowest BCUT2D eigenvalue weighted by Gasteiger charge is -2.05. The van der Waals surface area contributed by atoms with Crippen LogP contribution in [0.15, 0.2) is 29.6 Å². The van der Waals surface area contributed by atoms with Crippen LogP contribution in [0, 0.1) is 5.82 Å². The molecule has 0 saturated heterocycles. The summed E-state index contributed by atoms with van der Waals surface area (Å²) >= 11 is 5.60. The molecule has 0 atom stereocenters. The van der Waals surface area contributed by atoms with Gasteiger partial charge in [-0.1, -0.05) is 16.8 Å². The van der Waals surface area contributed by atoms with Gasteiger partial charge in [-0.15, -0.1) is 0 Å². The van der Waals surface area contributed by atoms with Gasteiger partial charge in [0, 0.05) is 5.56 Å². The van der Waals surface area contributed by atoms with E-state index in [9.17, 15) is 9.18 Å². The predicted molar refractivity (Wildman–Crippen MR) is 70.5 cm³/mol. The summed E-state index contributed by atoms with van der Waals surface area (Å²) in [7, 11) is 0. The SMILES string of the molecule is N/C(=N/O)c1cn[nH]c1NC(=O)c1ccc(F)c(Cl)c1. The second kappa shape index (κ2) is 5.57. The molecule has 1 aromatic heterocycles. The Bertz CT molecular complexity index is 685. The van der Waals surface area contributed by atoms with Gasteiger partial charge in [-0.25, -0.2) is 4.39 Å². The lowest BCUT2D eigenvalue weighted by atomic mass is 10.2. The molecule has 9 heteroatoms. The first-order valence-electron chi connectivity index (χ1n) is 5.30.